The summed E-state index contributed by atoms with van der Waals surface area (Å²) in [4.78, 5) is 16.0. The van der Waals surface area contributed by atoms with E-state index in [0.717, 1.165) is 36.0 Å². The van der Waals surface area contributed by atoms with Gasteiger partial charge in [-0.1, -0.05) is 35.5 Å². The molecule has 3 aromatic rings. The first-order valence-electron chi connectivity index (χ1n) is 9.79. The lowest BCUT2D eigenvalue weighted by Gasteiger charge is -2.29. The summed E-state index contributed by atoms with van der Waals surface area (Å²) in [5, 5.41) is 7.39. The molecular formula is C21H26N6O. The van der Waals surface area contributed by atoms with E-state index in [2.05, 4.69) is 55.6 Å². The molecule has 1 aliphatic heterocycles. The van der Waals surface area contributed by atoms with Crippen LogP contribution in [0.2, 0.25) is 0 Å². The van der Waals surface area contributed by atoms with Gasteiger partial charge in [0.25, 0.3) is 0 Å². The smallest absolute Gasteiger partial charge is 0.231 e. The molecule has 0 saturated carbocycles. The summed E-state index contributed by atoms with van der Waals surface area (Å²) in [5.74, 6) is 3.30. The zero-order chi connectivity index (χ0) is 19.3. The second-order valence-corrected chi connectivity index (χ2v) is 7.45. The van der Waals surface area contributed by atoms with E-state index >= 15 is 0 Å². The minimum atomic E-state index is 0.462. The van der Waals surface area contributed by atoms with Gasteiger partial charge in [-0.05, 0) is 38.9 Å². The predicted octanol–water partition coefficient (Wildman–Crippen LogP) is 3.18. The SMILES string of the molecule is Cc1nc(NCc2noc(Cc3ccccc3)n2)cc(C2CCCN(C)C2)n1. The molecule has 3 heterocycles. The van der Waals surface area contributed by atoms with Gasteiger partial charge in [-0.15, -0.1) is 0 Å². The lowest BCUT2D eigenvalue weighted by molar-refractivity contribution is 0.248. The summed E-state index contributed by atoms with van der Waals surface area (Å²) >= 11 is 0. The number of anilines is 1. The topological polar surface area (TPSA) is 80.0 Å². The van der Waals surface area contributed by atoms with Crippen LogP contribution in [0.5, 0.6) is 0 Å². The van der Waals surface area contributed by atoms with Crippen LogP contribution in [-0.4, -0.2) is 45.1 Å². The number of hydrogen-bond acceptors (Lipinski definition) is 7. The molecule has 1 aliphatic rings. The summed E-state index contributed by atoms with van der Waals surface area (Å²) in [6, 6.07) is 12.2. The van der Waals surface area contributed by atoms with Crippen LogP contribution in [0.3, 0.4) is 0 Å². The molecule has 1 unspecified atom stereocenters. The van der Waals surface area contributed by atoms with Crippen molar-refractivity contribution in [1.29, 1.82) is 0 Å². The Morgan fingerprint density at radius 1 is 1.18 bits per heavy atom. The van der Waals surface area contributed by atoms with Crippen molar-refractivity contribution in [2.24, 2.45) is 0 Å². The number of piperidine rings is 1. The summed E-state index contributed by atoms with van der Waals surface area (Å²) in [6.45, 7) is 4.62. The van der Waals surface area contributed by atoms with E-state index in [1.165, 1.54) is 12.8 Å². The molecule has 7 nitrogen and oxygen atoms in total. The maximum Gasteiger partial charge on any atom is 0.231 e. The average molecular weight is 378 g/mol. The second kappa shape index (κ2) is 8.48. The zero-order valence-electron chi connectivity index (χ0n) is 16.4. The molecule has 1 aromatic carbocycles. The maximum absolute atomic E-state index is 5.37. The van der Waals surface area contributed by atoms with Gasteiger partial charge < -0.3 is 14.7 Å². The number of likely N-dealkylation sites (N-methyl/N-ethyl adjacent to an activating group) is 1. The minimum Gasteiger partial charge on any atom is -0.363 e. The number of rotatable bonds is 6. The maximum atomic E-state index is 5.37. The van der Waals surface area contributed by atoms with Gasteiger partial charge in [-0.25, -0.2) is 9.97 Å². The van der Waals surface area contributed by atoms with Gasteiger partial charge in [-0.2, -0.15) is 4.98 Å². The molecule has 2 aromatic heterocycles. The number of aryl methyl sites for hydroxylation is 1. The van der Waals surface area contributed by atoms with Gasteiger partial charge in [0.1, 0.15) is 11.6 Å². The molecule has 0 aliphatic carbocycles. The van der Waals surface area contributed by atoms with Crippen LogP contribution < -0.4 is 5.32 Å². The van der Waals surface area contributed by atoms with Crippen LogP contribution in [0.1, 0.15) is 47.6 Å². The van der Waals surface area contributed by atoms with E-state index in [-0.39, 0.29) is 0 Å². The van der Waals surface area contributed by atoms with Crippen molar-refractivity contribution in [2.45, 2.75) is 38.6 Å². The van der Waals surface area contributed by atoms with Gasteiger partial charge in [0, 0.05) is 18.5 Å². The third kappa shape index (κ3) is 4.72. The lowest BCUT2D eigenvalue weighted by Crippen LogP contribution is -2.31. The van der Waals surface area contributed by atoms with Crippen LogP contribution in [0.4, 0.5) is 5.82 Å². The van der Waals surface area contributed by atoms with Gasteiger partial charge in [0.2, 0.25) is 5.89 Å². The van der Waals surface area contributed by atoms with Crippen molar-refractivity contribution in [3.8, 4) is 0 Å². The van der Waals surface area contributed by atoms with Crippen molar-refractivity contribution in [1.82, 2.24) is 25.0 Å². The summed E-state index contributed by atoms with van der Waals surface area (Å²) < 4.78 is 5.37. The Morgan fingerprint density at radius 3 is 2.86 bits per heavy atom. The molecule has 1 atom stereocenters. The molecule has 0 bridgehead atoms. The Morgan fingerprint density at radius 2 is 2.04 bits per heavy atom. The van der Waals surface area contributed by atoms with E-state index < -0.39 is 0 Å². The summed E-state index contributed by atoms with van der Waals surface area (Å²) in [6.07, 6.45) is 3.02. The van der Waals surface area contributed by atoms with Gasteiger partial charge in [0.15, 0.2) is 5.82 Å². The largest absolute Gasteiger partial charge is 0.363 e. The van der Waals surface area contributed by atoms with E-state index in [1.807, 2.05) is 25.1 Å². The number of benzene rings is 1. The van der Waals surface area contributed by atoms with Crippen LogP contribution in [-0.2, 0) is 13.0 Å². The number of nitrogens with one attached hydrogen (secondary N) is 1. The monoisotopic (exact) mass is 378 g/mol. The Balaban J connectivity index is 1.39. The summed E-state index contributed by atoms with van der Waals surface area (Å²) in [7, 11) is 2.17. The van der Waals surface area contributed by atoms with Gasteiger partial charge in [0.05, 0.1) is 18.7 Å². The molecule has 28 heavy (non-hydrogen) atoms. The molecule has 1 fully saturated rings. The molecule has 4 rings (SSSR count). The number of aromatic nitrogens is 4. The van der Waals surface area contributed by atoms with Crippen LogP contribution in [0.25, 0.3) is 0 Å². The lowest BCUT2D eigenvalue weighted by atomic mass is 9.95. The number of nitrogens with zero attached hydrogens (tertiary/aromatic N) is 5. The van der Waals surface area contributed by atoms with Crippen molar-refractivity contribution >= 4 is 5.82 Å². The van der Waals surface area contributed by atoms with Crippen molar-refractivity contribution in [2.75, 3.05) is 25.5 Å². The van der Waals surface area contributed by atoms with Crippen LogP contribution >= 0.6 is 0 Å². The first-order chi connectivity index (χ1) is 13.7. The Bertz CT molecular complexity index is 910. The highest BCUT2D eigenvalue weighted by atomic mass is 16.5. The van der Waals surface area contributed by atoms with E-state index in [9.17, 15) is 0 Å². The molecule has 0 spiro atoms. The molecule has 1 N–H and O–H groups in total. The van der Waals surface area contributed by atoms with Crippen molar-refractivity contribution in [3.63, 3.8) is 0 Å². The highest BCUT2D eigenvalue weighted by molar-refractivity contribution is 5.37. The average Bonchev–Trinajstić information content (AvgIpc) is 3.14. The fourth-order valence-electron chi connectivity index (χ4n) is 3.67. The fraction of sp³-hybridized carbons (Fsp3) is 0.429. The third-order valence-corrected chi connectivity index (χ3v) is 5.04. The zero-order valence-corrected chi connectivity index (χ0v) is 16.4. The molecule has 0 radical (unpaired) electrons. The molecule has 1 saturated heterocycles. The quantitative estimate of drug-likeness (QED) is 0.705. The fourth-order valence-corrected chi connectivity index (χ4v) is 3.67. The minimum absolute atomic E-state index is 0.462. The Kier molecular flexibility index (Phi) is 5.62. The standard InChI is InChI=1S/C21H26N6O/c1-15-23-18(17-9-6-10-27(2)14-17)12-19(24-15)22-13-20-25-21(28-26-20)11-16-7-4-3-5-8-16/h3-5,7-8,12,17H,6,9-11,13-14H2,1-2H3,(H,22,23,24). The van der Waals surface area contributed by atoms with Crippen molar-refractivity contribution in [3.05, 3.63) is 65.2 Å². The van der Waals surface area contributed by atoms with Crippen molar-refractivity contribution < 1.29 is 4.52 Å². The normalized spacial score (nSPS) is 17.6. The van der Waals surface area contributed by atoms with E-state index in [0.29, 0.717) is 30.6 Å². The van der Waals surface area contributed by atoms with E-state index in [1.54, 1.807) is 0 Å². The molecule has 0 amide bonds. The molecule has 7 heteroatoms. The van der Waals surface area contributed by atoms with Gasteiger partial charge >= 0.3 is 0 Å². The van der Waals surface area contributed by atoms with Crippen LogP contribution in [0, 0.1) is 6.92 Å². The predicted molar refractivity (Wildman–Crippen MR) is 107 cm³/mol. The Labute approximate surface area is 165 Å². The van der Waals surface area contributed by atoms with Crippen LogP contribution in [0.15, 0.2) is 40.9 Å². The second-order valence-electron chi connectivity index (χ2n) is 7.45. The molecule has 146 valence electrons. The number of hydrogen-bond donors (Lipinski definition) is 1. The number of likely N-dealkylation sites (tertiary alicyclic amines) is 1. The highest BCUT2D eigenvalue weighted by Gasteiger charge is 2.21. The third-order valence-electron chi connectivity index (χ3n) is 5.04. The first kappa shape index (κ1) is 18.6. The first-order valence-corrected chi connectivity index (χ1v) is 9.79. The van der Waals surface area contributed by atoms with E-state index in [4.69, 9.17) is 4.52 Å². The highest BCUT2D eigenvalue weighted by Crippen LogP contribution is 2.26. The Hall–Kier alpha value is -2.80. The summed E-state index contributed by atoms with van der Waals surface area (Å²) in [5.41, 5.74) is 2.26. The van der Waals surface area contributed by atoms with Gasteiger partial charge in [-0.3, -0.25) is 0 Å². The molecular weight excluding hydrogens is 352 g/mol.